The Morgan fingerprint density at radius 3 is 2.65 bits per heavy atom. The number of amides is 1. The van der Waals surface area contributed by atoms with Gasteiger partial charge in [-0.2, -0.15) is 0 Å². The second-order valence-electron chi connectivity index (χ2n) is 5.03. The van der Waals surface area contributed by atoms with Gasteiger partial charge in [-0.3, -0.25) is 4.79 Å². The summed E-state index contributed by atoms with van der Waals surface area (Å²) in [7, 11) is 4.92. The maximum Gasteiger partial charge on any atom is 0.272 e. The first-order valence-electron chi connectivity index (χ1n) is 7.10. The fraction of sp³-hybridized carbons (Fsp3) is 0.312. The number of benzene rings is 1. The number of carbonyl (C=O) groups excluding carboxylic acids is 1. The molecule has 0 saturated heterocycles. The minimum Gasteiger partial charge on any atom is -0.490 e. The lowest BCUT2D eigenvalue weighted by Gasteiger charge is -2.13. The van der Waals surface area contributed by atoms with Gasteiger partial charge in [-0.1, -0.05) is 12.1 Å². The summed E-state index contributed by atoms with van der Waals surface area (Å²) in [5.41, 5.74) is 7.27. The number of anilines is 1. The smallest absolute Gasteiger partial charge is 0.272 e. The van der Waals surface area contributed by atoms with Crippen molar-refractivity contribution in [1.29, 1.82) is 0 Å². The van der Waals surface area contributed by atoms with Gasteiger partial charge < -0.3 is 20.1 Å². The summed E-state index contributed by atoms with van der Waals surface area (Å²) >= 11 is 0. The highest BCUT2D eigenvalue weighted by Crippen LogP contribution is 2.29. The van der Waals surface area contributed by atoms with Gasteiger partial charge in [0.05, 0.1) is 12.3 Å². The molecule has 122 valence electrons. The van der Waals surface area contributed by atoms with Crippen molar-refractivity contribution in [3.05, 3.63) is 36.0 Å². The van der Waals surface area contributed by atoms with Crippen LogP contribution in [0.1, 0.15) is 10.5 Å². The Bertz CT molecular complexity index is 689. The van der Waals surface area contributed by atoms with Gasteiger partial charge in [-0.15, -0.1) is 0 Å². The number of hydrogen-bond acceptors (Lipinski definition) is 6. The maximum atomic E-state index is 12.1. The van der Waals surface area contributed by atoms with Gasteiger partial charge in [-0.05, 0) is 18.2 Å². The Hall–Kier alpha value is -2.67. The number of ether oxygens (including phenoxy) is 2. The van der Waals surface area contributed by atoms with Crippen molar-refractivity contribution in [1.82, 2.24) is 14.9 Å². The zero-order valence-electron chi connectivity index (χ0n) is 13.4. The van der Waals surface area contributed by atoms with Crippen LogP contribution in [0.15, 0.2) is 30.3 Å². The van der Waals surface area contributed by atoms with E-state index in [-0.39, 0.29) is 17.5 Å². The van der Waals surface area contributed by atoms with Crippen LogP contribution in [-0.2, 0) is 4.74 Å². The zero-order chi connectivity index (χ0) is 16.8. The number of rotatable bonds is 6. The van der Waals surface area contributed by atoms with Crippen LogP contribution in [0, 0.1) is 0 Å². The van der Waals surface area contributed by atoms with Crippen molar-refractivity contribution in [2.24, 2.45) is 0 Å². The normalized spacial score (nSPS) is 10.4. The number of aromatic nitrogens is 2. The first kappa shape index (κ1) is 16.7. The Kier molecular flexibility index (Phi) is 5.48. The molecule has 1 heterocycles. The van der Waals surface area contributed by atoms with Crippen LogP contribution in [-0.4, -0.2) is 55.2 Å². The van der Waals surface area contributed by atoms with E-state index >= 15 is 0 Å². The van der Waals surface area contributed by atoms with Crippen molar-refractivity contribution in [3.63, 3.8) is 0 Å². The number of carbonyl (C=O) groups is 1. The molecule has 0 saturated carbocycles. The minimum atomic E-state index is -0.238. The Morgan fingerprint density at radius 1 is 1.22 bits per heavy atom. The van der Waals surface area contributed by atoms with E-state index < -0.39 is 0 Å². The van der Waals surface area contributed by atoms with Crippen molar-refractivity contribution in [2.75, 3.05) is 40.2 Å². The number of nitrogens with zero attached hydrogens (tertiary/aromatic N) is 3. The fourth-order valence-electron chi connectivity index (χ4n) is 1.98. The first-order valence-corrected chi connectivity index (χ1v) is 7.10. The SMILES string of the molecule is COCCOc1ccccc1-c1cc(C(=O)N(C)C)nc(N)n1. The number of para-hydroxylation sites is 1. The van der Waals surface area contributed by atoms with E-state index in [0.29, 0.717) is 24.7 Å². The third-order valence-corrected chi connectivity index (χ3v) is 3.08. The quantitative estimate of drug-likeness (QED) is 0.811. The molecule has 0 atom stereocenters. The van der Waals surface area contributed by atoms with E-state index in [0.717, 1.165) is 5.56 Å². The zero-order valence-corrected chi connectivity index (χ0v) is 13.4. The van der Waals surface area contributed by atoms with Crippen molar-refractivity contribution < 1.29 is 14.3 Å². The Morgan fingerprint density at radius 2 is 1.96 bits per heavy atom. The van der Waals surface area contributed by atoms with Gasteiger partial charge in [0.25, 0.3) is 5.91 Å². The molecule has 0 aliphatic carbocycles. The maximum absolute atomic E-state index is 12.1. The highest BCUT2D eigenvalue weighted by atomic mass is 16.5. The van der Waals surface area contributed by atoms with Crippen LogP contribution in [0.25, 0.3) is 11.3 Å². The molecular formula is C16H20N4O3. The molecule has 7 nitrogen and oxygen atoms in total. The van der Waals surface area contributed by atoms with Crippen molar-refractivity contribution in [3.8, 4) is 17.0 Å². The molecule has 0 radical (unpaired) electrons. The van der Waals surface area contributed by atoms with Gasteiger partial charge in [0.2, 0.25) is 5.95 Å². The Labute approximate surface area is 135 Å². The van der Waals surface area contributed by atoms with Gasteiger partial charge in [-0.25, -0.2) is 9.97 Å². The molecule has 1 aromatic heterocycles. The third-order valence-electron chi connectivity index (χ3n) is 3.08. The topological polar surface area (TPSA) is 90.6 Å². The Balaban J connectivity index is 2.40. The van der Waals surface area contributed by atoms with Crippen LogP contribution >= 0.6 is 0 Å². The summed E-state index contributed by atoms with van der Waals surface area (Å²) in [6.45, 7) is 0.891. The van der Waals surface area contributed by atoms with E-state index in [1.807, 2.05) is 24.3 Å². The number of nitrogens with two attached hydrogens (primary N) is 1. The summed E-state index contributed by atoms with van der Waals surface area (Å²) in [5.74, 6) is 0.448. The fourth-order valence-corrected chi connectivity index (χ4v) is 1.98. The van der Waals surface area contributed by atoms with Crippen molar-refractivity contribution in [2.45, 2.75) is 0 Å². The van der Waals surface area contributed by atoms with Gasteiger partial charge in [0, 0.05) is 26.8 Å². The van der Waals surface area contributed by atoms with E-state index in [1.54, 1.807) is 27.3 Å². The van der Waals surface area contributed by atoms with Crippen LogP contribution in [0.2, 0.25) is 0 Å². The second kappa shape index (κ2) is 7.55. The molecule has 0 aliphatic rings. The lowest BCUT2D eigenvalue weighted by Crippen LogP contribution is -2.23. The van der Waals surface area contributed by atoms with E-state index in [9.17, 15) is 4.79 Å². The first-order chi connectivity index (χ1) is 11.0. The predicted molar refractivity (Wildman–Crippen MR) is 87.3 cm³/mol. The van der Waals surface area contributed by atoms with E-state index in [2.05, 4.69) is 9.97 Å². The molecule has 2 N–H and O–H groups in total. The van der Waals surface area contributed by atoms with Gasteiger partial charge in [0.1, 0.15) is 18.1 Å². The molecular weight excluding hydrogens is 296 g/mol. The predicted octanol–water partition coefficient (Wildman–Crippen LogP) is 1.45. The van der Waals surface area contributed by atoms with Crippen LogP contribution < -0.4 is 10.5 Å². The average molecular weight is 316 g/mol. The number of hydrogen-bond donors (Lipinski definition) is 1. The van der Waals surface area contributed by atoms with Crippen molar-refractivity contribution >= 4 is 11.9 Å². The molecule has 1 aromatic carbocycles. The minimum absolute atomic E-state index is 0.0411. The van der Waals surface area contributed by atoms with E-state index in [1.165, 1.54) is 4.90 Å². The molecule has 23 heavy (non-hydrogen) atoms. The number of nitrogen functional groups attached to an aromatic ring is 1. The molecule has 0 bridgehead atoms. The second-order valence-corrected chi connectivity index (χ2v) is 5.03. The van der Waals surface area contributed by atoms with Gasteiger partial charge >= 0.3 is 0 Å². The molecule has 2 rings (SSSR count). The molecule has 0 fully saturated rings. The molecule has 0 unspecified atom stereocenters. The largest absolute Gasteiger partial charge is 0.490 e. The lowest BCUT2D eigenvalue weighted by molar-refractivity contribution is 0.0822. The molecule has 1 amide bonds. The summed E-state index contributed by atoms with van der Waals surface area (Å²) < 4.78 is 10.7. The van der Waals surface area contributed by atoms with Crippen LogP contribution in [0.4, 0.5) is 5.95 Å². The monoisotopic (exact) mass is 316 g/mol. The molecule has 0 spiro atoms. The molecule has 2 aromatic rings. The average Bonchev–Trinajstić information content (AvgIpc) is 2.54. The number of methoxy groups -OCH3 is 1. The lowest BCUT2D eigenvalue weighted by atomic mass is 10.1. The van der Waals surface area contributed by atoms with Crippen LogP contribution in [0.5, 0.6) is 5.75 Å². The van der Waals surface area contributed by atoms with Gasteiger partial charge in [0.15, 0.2) is 0 Å². The summed E-state index contributed by atoms with van der Waals surface area (Å²) in [6.07, 6.45) is 0. The summed E-state index contributed by atoms with van der Waals surface area (Å²) in [4.78, 5) is 21.8. The third kappa shape index (κ3) is 4.17. The highest BCUT2D eigenvalue weighted by molar-refractivity contribution is 5.93. The summed E-state index contributed by atoms with van der Waals surface area (Å²) in [6, 6.07) is 9.02. The molecule has 0 aliphatic heterocycles. The molecule has 7 heteroatoms. The summed E-state index contributed by atoms with van der Waals surface area (Å²) in [5, 5.41) is 0. The highest BCUT2D eigenvalue weighted by Gasteiger charge is 2.15. The standard InChI is InChI=1S/C16H20N4O3/c1-20(2)15(21)13-10-12(18-16(17)19-13)11-6-4-5-7-14(11)23-9-8-22-3/h4-7,10H,8-9H2,1-3H3,(H2,17,18,19). The van der Waals surface area contributed by atoms with E-state index in [4.69, 9.17) is 15.2 Å². The van der Waals surface area contributed by atoms with Crippen LogP contribution in [0.3, 0.4) is 0 Å².